The Morgan fingerprint density at radius 3 is 1.49 bits per heavy atom. The molecule has 0 radical (unpaired) electrons. The molecule has 0 atom stereocenters. The predicted octanol–water partition coefficient (Wildman–Crippen LogP) is 9.09. The Morgan fingerprint density at radius 1 is 0.488 bits per heavy atom. The van der Waals surface area contributed by atoms with Crippen molar-refractivity contribution in [1.82, 2.24) is 15.0 Å². The topological polar surface area (TPSA) is 55.7 Å². The maximum absolute atomic E-state index is 12.9. The van der Waals surface area contributed by atoms with E-state index < -0.39 is 7.14 Å². The molecule has 7 rings (SSSR count). The van der Waals surface area contributed by atoms with Gasteiger partial charge in [0.1, 0.15) is 7.14 Å². The molecule has 0 N–H and O–H groups in total. The van der Waals surface area contributed by atoms with Crippen LogP contribution < -0.4 is 5.30 Å². The predicted molar refractivity (Wildman–Crippen MR) is 178 cm³/mol. The van der Waals surface area contributed by atoms with Crippen LogP contribution in [-0.4, -0.2) is 28.3 Å². The summed E-state index contributed by atoms with van der Waals surface area (Å²) in [5.41, 5.74) is 9.71. The second-order valence-electron chi connectivity index (χ2n) is 12.1. The van der Waals surface area contributed by atoms with Crippen LogP contribution in [0.4, 0.5) is 0 Å². The van der Waals surface area contributed by atoms with Crippen LogP contribution in [-0.2, 0) is 9.98 Å². The van der Waals surface area contributed by atoms with Gasteiger partial charge in [-0.15, -0.1) is 0 Å². The SMILES string of the molecule is CC1(C)c2cc(-c3nc(-c4ccccc4)nc(-c4ccc(-c5ccccc5)cc4)n3)ccc2-c2ccc(P(C)(C)=O)cc21. The number of aromatic nitrogens is 3. The fraction of sp³-hybridized carbons (Fsp3) is 0.132. The number of hydrogen-bond donors (Lipinski definition) is 0. The fourth-order valence-electron chi connectivity index (χ4n) is 5.99. The Labute approximate surface area is 252 Å². The van der Waals surface area contributed by atoms with Crippen LogP contribution in [0.3, 0.4) is 0 Å². The Morgan fingerprint density at radius 2 is 0.907 bits per heavy atom. The van der Waals surface area contributed by atoms with Gasteiger partial charge in [-0.25, -0.2) is 15.0 Å². The van der Waals surface area contributed by atoms with E-state index in [9.17, 15) is 4.57 Å². The van der Waals surface area contributed by atoms with E-state index in [4.69, 9.17) is 15.0 Å². The first-order chi connectivity index (χ1) is 20.7. The van der Waals surface area contributed by atoms with Crippen molar-refractivity contribution >= 4 is 12.4 Å². The molecule has 5 heteroatoms. The molecule has 1 aliphatic carbocycles. The van der Waals surface area contributed by atoms with E-state index in [0.29, 0.717) is 17.5 Å². The molecule has 0 fully saturated rings. The van der Waals surface area contributed by atoms with Gasteiger partial charge in [0.05, 0.1) is 0 Å². The Hall–Kier alpha value is -4.66. The lowest BCUT2D eigenvalue weighted by Crippen LogP contribution is -2.17. The average Bonchev–Trinajstić information content (AvgIpc) is 3.26. The summed E-state index contributed by atoms with van der Waals surface area (Å²) in [6.45, 7) is 8.15. The zero-order chi connectivity index (χ0) is 29.8. The summed E-state index contributed by atoms with van der Waals surface area (Å²) in [5, 5.41) is 0.917. The number of fused-ring (bicyclic) bond motifs is 3. The summed E-state index contributed by atoms with van der Waals surface area (Å²) < 4.78 is 12.9. The molecule has 0 amide bonds. The molecule has 0 saturated carbocycles. The van der Waals surface area contributed by atoms with Gasteiger partial charge in [0.15, 0.2) is 17.5 Å². The number of hydrogen-bond acceptors (Lipinski definition) is 4. The van der Waals surface area contributed by atoms with Crippen molar-refractivity contribution in [3.05, 3.63) is 132 Å². The minimum Gasteiger partial charge on any atom is -0.319 e. The van der Waals surface area contributed by atoms with E-state index in [1.54, 1.807) is 0 Å². The molecule has 1 heterocycles. The lowest BCUT2D eigenvalue weighted by atomic mass is 9.82. The molecule has 210 valence electrons. The summed E-state index contributed by atoms with van der Waals surface area (Å²) in [6.07, 6.45) is 0. The molecule has 5 aromatic carbocycles. The van der Waals surface area contributed by atoms with Crippen LogP contribution in [0.25, 0.3) is 56.4 Å². The van der Waals surface area contributed by atoms with Gasteiger partial charge >= 0.3 is 0 Å². The van der Waals surface area contributed by atoms with E-state index in [1.165, 1.54) is 27.8 Å². The van der Waals surface area contributed by atoms with E-state index in [1.807, 2.05) is 55.8 Å². The summed E-state index contributed by atoms with van der Waals surface area (Å²) >= 11 is 0. The summed E-state index contributed by atoms with van der Waals surface area (Å²) in [6, 6.07) is 41.6. The van der Waals surface area contributed by atoms with Crippen molar-refractivity contribution < 1.29 is 4.57 Å². The van der Waals surface area contributed by atoms with Crippen LogP contribution in [0.5, 0.6) is 0 Å². The van der Waals surface area contributed by atoms with Crippen LogP contribution >= 0.6 is 7.14 Å². The molecule has 1 aliphatic rings. The highest BCUT2D eigenvalue weighted by molar-refractivity contribution is 7.70. The molecule has 0 aliphatic heterocycles. The van der Waals surface area contributed by atoms with Crippen LogP contribution in [0.2, 0.25) is 0 Å². The van der Waals surface area contributed by atoms with Crippen molar-refractivity contribution in [3.63, 3.8) is 0 Å². The molecule has 1 aromatic heterocycles. The average molecular weight is 578 g/mol. The second-order valence-corrected chi connectivity index (χ2v) is 15.3. The smallest absolute Gasteiger partial charge is 0.164 e. The Balaban J connectivity index is 1.34. The lowest BCUT2D eigenvalue weighted by Gasteiger charge is -2.23. The van der Waals surface area contributed by atoms with Crippen LogP contribution in [0.15, 0.2) is 121 Å². The molecule has 0 saturated heterocycles. The normalized spacial score (nSPS) is 13.4. The minimum atomic E-state index is -2.38. The largest absolute Gasteiger partial charge is 0.319 e. The molecular formula is C38H32N3OP. The molecule has 0 unspecified atom stereocenters. The van der Waals surface area contributed by atoms with Gasteiger partial charge in [-0.05, 0) is 58.8 Å². The van der Waals surface area contributed by atoms with Crippen molar-refractivity contribution in [3.8, 4) is 56.4 Å². The highest BCUT2D eigenvalue weighted by Gasteiger charge is 2.36. The Kier molecular flexibility index (Phi) is 6.49. The van der Waals surface area contributed by atoms with Gasteiger partial charge in [0, 0.05) is 27.4 Å². The monoisotopic (exact) mass is 577 g/mol. The molecule has 0 bridgehead atoms. The third-order valence-corrected chi connectivity index (χ3v) is 9.98. The van der Waals surface area contributed by atoms with Gasteiger partial charge < -0.3 is 4.57 Å². The van der Waals surface area contributed by atoms with Crippen molar-refractivity contribution in [2.45, 2.75) is 19.3 Å². The maximum Gasteiger partial charge on any atom is 0.164 e. The zero-order valence-corrected chi connectivity index (χ0v) is 25.6. The first kappa shape index (κ1) is 27.2. The molecule has 4 nitrogen and oxygen atoms in total. The first-order valence-electron chi connectivity index (χ1n) is 14.5. The highest BCUT2D eigenvalue weighted by Crippen LogP contribution is 2.50. The van der Waals surface area contributed by atoms with Crippen molar-refractivity contribution in [2.24, 2.45) is 0 Å². The first-order valence-corrected chi connectivity index (χ1v) is 17.1. The molecular weight excluding hydrogens is 545 g/mol. The fourth-order valence-corrected chi connectivity index (χ4v) is 6.87. The number of rotatable bonds is 5. The molecule has 43 heavy (non-hydrogen) atoms. The number of nitrogens with zero attached hydrogens (tertiary/aromatic N) is 3. The summed E-state index contributed by atoms with van der Waals surface area (Å²) in [5.74, 6) is 1.91. The number of benzene rings is 5. The van der Waals surface area contributed by atoms with E-state index in [2.05, 4.69) is 92.7 Å². The second kappa shape index (κ2) is 10.3. The van der Waals surface area contributed by atoms with Gasteiger partial charge in [0.2, 0.25) is 0 Å². The quantitative estimate of drug-likeness (QED) is 0.192. The lowest BCUT2D eigenvalue weighted by molar-refractivity contribution is 0.588. The van der Waals surface area contributed by atoms with Crippen LogP contribution in [0, 0.1) is 0 Å². The van der Waals surface area contributed by atoms with E-state index in [-0.39, 0.29) is 5.41 Å². The van der Waals surface area contributed by atoms with E-state index >= 15 is 0 Å². The minimum absolute atomic E-state index is 0.253. The Bertz CT molecular complexity index is 2030. The van der Waals surface area contributed by atoms with Gasteiger partial charge in [-0.2, -0.15) is 0 Å². The van der Waals surface area contributed by atoms with E-state index in [0.717, 1.165) is 27.6 Å². The van der Waals surface area contributed by atoms with Gasteiger partial charge in [-0.1, -0.05) is 123 Å². The van der Waals surface area contributed by atoms with Crippen molar-refractivity contribution in [2.75, 3.05) is 13.3 Å². The molecule has 6 aromatic rings. The van der Waals surface area contributed by atoms with Crippen molar-refractivity contribution in [1.29, 1.82) is 0 Å². The van der Waals surface area contributed by atoms with Crippen LogP contribution in [0.1, 0.15) is 25.0 Å². The van der Waals surface area contributed by atoms with Gasteiger partial charge in [0.25, 0.3) is 0 Å². The summed E-state index contributed by atoms with van der Waals surface area (Å²) in [4.78, 5) is 14.9. The summed E-state index contributed by atoms with van der Waals surface area (Å²) in [7, 11) is -2.38. The molecule has 0 spiro atoms. The maximum atomic E-state index is 12.9. The standard InChI is InChI=1S/C38H32N3OP/c1-38(2)33-23-29(19-21-31(33)32-22-20-30(24-34(32)38)43(3,4)42)37-40-35(27-13-9-6-10-14-27)39-36(41-37)28-17-15-26(16-18-28)25-11-7-5-8-12-25/h5-24H,1-4H3. The third kappa shape index (κ3) is 4.92. The third-order valence-electron chi connectivity index (χ3n) is 8.46. The van der Waals surface area contributed by atoms with Gasteiger partial charge in [-0.3, -0.25) is 0 Å². The zero-order valence-electron chi connectivity index (χ0n) is 24.7. The highest BCUT2D eigenvalue weighted by atomic mass is 31.2.